The second-order valence-electron chi connectivity index (χ2n) is 3.15. The maximum absolute atomic E-state index is 12.6. The molecule has 0 saturated heterocycles. The molecule has 0 amide bonds. The molecule has 3 N–H and O–H groups in total. The molecule has 1 aromatic heterocycles. The number of hydrogen-bond acceptors (Lipinski definition) is 3. The lowest BCUT2D eigenvalue weighted by molar-refractivity contribution is 0.0789. The van der Waals surface area contributed by atoms with Crippen LogP contribution in [-0.4, -0.2) is 10.1 Å². The largest absolute Gasteiger partial charge is 0.397 e. The van der Waals surface area contributed by atoms with Gasteiger partial charge in [0.25, 0.3) is 0 Å². The third-order valence-electron chi connectivity index (χ3n) is 1.56. The highest BCUT2D eigenvalue weighted by atomic mass is 19.1. The highest BCUT2D eigenvalue weighted by Gasteiger charge is 2.19. The Kier molecular flexibility index (Phi) is 2.02. The minimum Gasteiger partial charge on any atom is -0.397 e. The predicted molar refractivity (Wildman–Crippen MR) is 43.9 cm³/mol. The van der Waals surface area contributed by atoms with Crippen LogP contribution in [-0.2, 0) is 5.60 Å². The zero-order valence-corrected chi connectivity index (χ0v) is 7.00. The molecule has 1 rings (SSSR count). The zero-order chi connectivity index (χ0) is 9.35. The van der Waals surface area contributed by atoms with Crippen LogP contribution in [0.1, 0.15) is 19.4 Å². The molecule has 0 saturated carbocycles. The van der Waals surface area contributed by atoms with Gasteiger partial charge in [0.15, 0.2) is 0 Å². The standard InChI is InChI=1S/C8H11FN2O/c1-8(2,12)5-3-7(9)11-4-6(5)10/h3-4,12H,10H2,1-2H3. The van der Waals surface area contributed by atoms with Crippen molar-refractivity contribution in [3.05, 3.63) is 23.8 Å². The van der Waals surface area contributed by atoms with Gasteiger partial charge in [0.1, 0.15) is 0 Å². The molecule has 0 radical (unpaired) electrons. The Morgan fingerprint density at radius 2 is 2.17 bits per heavy atom. The number of rotatable bonds is 1. The van der Waals surface area contributed by atoms with Gasteiger partial charge in [0.05, 0.1) is 17.5 Å². The normalized spacial score (nSPS) is 11.7. The minimum absolute atomic E-state index is 0.295. The highest BCUT2D eigenvalue weighted by Crippen LogP contribution is 2.24. The molecule has 66 valence electrons. The number of pyridine rings is 1. The van der Waals surface area contributed by atoms with Crippen LogP contribution in [0.2, 0.25) is 0 Å². The molecule has 3 nitrogen and oxygen atoms in total. The van der Waals surface area contributed by atoms with E-state index in [0.717, 1.165) is 6.07 Å². The smallest absolute Gasteiger partial charge is 0.213 e. The molecular formula is C8H11FN2O. The summed E-state index contributed by atoms with van der Waals surface area (Å²) in [6, 6.07) is 1.13. The van der Waals surface area contributed by atoms with Crippen molar-refractivity contribution in [1.82, 2.24) is 4.98 Å². The van der Waals surface area contributed by atoms with E-state index in [0.29, 0.717) is 11.3 Å². The molecule has 0 aromatic carbocycles. The summed E-state index contributed by atoms with van der Waals surface area (Å²) in [5.41, 5.74) is 5.01. The SMILES string of the molecule is CC(C)(O)c1cc(F)ncc1N. The summed E-state index contributed by atoms with van der Waals surface area (Å²) in [6.45, 7) is 3.08. The summed E-state index contributed by atoms with van der Waals surface area (Å²) in [5, 5.41) is 9.52. The van der Waals surface area contributed by atoms with Crippen molar-refractivity contribution < 1.29 is 9.50 Å². The average Bonchev–Trinajstić information content (AvgIpc) is 1.92. The van der Waals surface area contributed by atoms with Gasteiger partial charge < -0.3 is 10.8 Å². The van der Waals surface area contributed by atoms with Crippen LogP contribution in [0.25, 0.3) is 0 Å². The molecule has 0 fully saturated rings. The van der Waals surface area contributed by atoms with Crippen molar-refractivity contribution in [2.45, 2.75) is 19.4 Å². The fraction of sp³-hybridized carbons (Fsp3) is 0.375. The van der Waals surface area contributed by atoms with Crippen molar-refractivity contribution in [2.75, 3.05) is 5.73 Å². The van der Waals surface area contributed by atoms with Gasteiger partial charge in [-0.05, 0) is 13.8 Å². The molecule has 1 aromatic rings. The van der Waals surface area contributed by atoms with Gasteiger partial charge in [0, 0.05) is 11.6 Å². The van der Waals surface area contributed by atoms with Gasteiger partial charge in [-0.1, -0.05) is 0 Å². The fourth-order valence-corrected chi connectivity index (χ4v) is 0.970. The van der Waals surface area contributed by atoms with Gasteiger partial charge in [-0.15, -0.1) is 0 Å². The second-order valence-corrected chi connectivity index (χ2v) is 3.15. The van der Waals surface area contributed by atoms with Gasteiger partial charge in [-0.2, -0.15) is 4.39 Å². The van der Waals surface area contributed by atoms with Gasteiger partial charge >= 0.3 is 0 Å². The Morgan fingerprint density at radius 1 is 1.58 bits per heavy atom. The maximum atomic E-state index is 12.6. The molecule has 0 aliphatic carbocycles. The van der Waals surface area contributed by atoms with E-state index in [2.05, 4.69) is 4.98 Å². The molecular weight excluding hydrogens is 159 g/mol. The first-order valence-corrected chi connectivity index (χ1v) is 3.55. The molecule has 12 heavy (non-hydrogen) atoms. The highest BCUT2D eigenvalue weighted by molar-refractivity contribution is 5.46. The first-order valence-electron chi connectivity index (χ1n) is 3.55. The summed E-state index contributed by atoms with van der Waals surface area (Å²) in [7, 11) is 0. The van der Waals surface area contributed by atoms with Crippen molar-refractivity contribution in [3.63, 3.8) is 0 Å². The number of aliphatic hydroxyl groups is 1. The summed E-state index contributed by atoms with van der Waals surface area (Å²) in [6.07, 6.45) is 1.20. The fourth-order valence-electron chi connectivity index (χ4n) is 0.970. The number of anilines is 1. The first kappa shape index (κ1) is 8.93. The van der Waals surface area contributed by atoms with E-state index >= 15 is 0 Å². The Balaban J connectivity index is 3.23. The van der Waals surface area contributed by atoms with E-state index in [-0.39, 0.29) is 0 Å². The molecule has 0 spiro atoms. The summed E-state index contributed by atoms with van der Waals surface area (Å²) in [4.78, 5) is 3.35. The molecule has 1 heterocycles. The Morgan fingerprint density at radius 3 is 2.58 bits per heavy atom. The predicted octanol–water partition coefficient (Wildman–Crippen LogP) is 1.03. The Bertz CT molecular complexity index is 294. The van der Waals surface area contributed by atoms with Gasteiger partial charge in [-0.25, -0.2) is 4.98 Å². The van der Waals surface area contributed by atoms with Crippen molar-refractivity contribution in [3.8, 4) is 0 Å². The number of hydrogen-bond donors (Lipinski definition) is 2. The lowest BCUT2D eigenvalue weighted by Crippen LogP contribution is -2.18. The number of nitrogen functional groups attached to an aromatic ring is 1. The third-order valence-corrected chi connectivity index (χ3v) is 1.56. The van der Waals surface area contributed by atoms with Crippen LogP contribution < -0.4 is 5.73 Å². The third kappa shape index (κ3) is 1.71. The number of nitrogens with zero attached hydrogens (tertiary/aromatic N) is 1. The zero-order valence-electron chi connectivity index (χ0n) is 7.00. The number of halogens is 1. The van der Waals surface area contributed by atoms with Gasteiger partial charge in [0.2, 0.25) is 5.95 Å². The monoisotopic (exact) mass is 170 g/mol. The van der Waals surface area contributed by atoms with E-state index in [1.165, 1.54) is 20.0 Å². The van der Waals surface area contributed by atoms with Crippen LogP contribution >= 0.6 is 0 Å². The average molecular weight is 170 g/mol. The van der Waals surface area contributed by atoms with Crippen LogP contribution in [0.3, 0.4) is 0 Å². The molecule has 0 aliphatic heterocycles. The lowest BCUT2D eigenvalue weighted by atomic mass is 9.98. The topological polar surface area (TPSA) is 59.1 Å². The van der Waals surface area contributed by atoms with E-state index in [1.807, 2.05) is 0 Å². The Labute approximate surface area is 70.0 Å². The van der Waals surface area contributed by atoms with Crippen LogP contribution in [0.4, 0.5) is 10.1 Å². The quantitative estimate of drug-likeness (QED) is 0.619. The van der Waals surface area contributed by atoms with E-state index < -0.39 is 11.5 Å². The first-order chi connectivity index (χ1) is 5.41. The maximum Gasteiger partial charge on any atom is 0.213 e. The number of aromatic nitrogens is 1. The minimum atomic E-state index is -1.13. The number of nitrogens with two attached hydrogens (primary N) is 1. The molecule has 4 heteroatoms. The lowest BCUT2D eigenvalue weighted by Gasteiger charge is -2.19. The molecule has 0 bridgehead atoms. The second kappa shape index (κ2) is 2.71. The van der Waals surface area contributed by atoms with Crippen LogP contribution in [0, 0.1) is 5.95 Å². The van der Waals surface area contributed by atoms with Crippen LogP contribution in [0.15, 0.2) is 12.3 Å². The van der Waals surface area contributed by atoms with Crippen molar-refractivity contribution >= 4 is 5.69 Å². The summed E-state index contributed by atoms with van der Waals surface area (Å²) in [5.74, 6) is -0.638. The Hall–Kier alpha value is -1.16. The van der Waals surface area contributed by atoms with E-state index in [9.17, 15) is 9.50 Å². The summed E-state index contributed by atoms with van der Waals surface area (Å²) < 4.78 is 12.6. The molecule has 0 atom stereocenters. The summed E-state index contributed by atoms with van der Waals surface area (Å²) >= 11 is 0. The van der Waals surface area contributed by atoms with Crippen molar-refractivity contribution in [2.24, 2.45) is 0 Å². The van der Waals surface area contributed by atoms with E-state index in [4.69, 9.17) is 5.73 Å². The van der Waals surface area contributed by atoms with Crippen molar-refractivity contribution in [1.29, 1.82) is 0 Å². The van der Waals surface area contributed by atoms with Crippen LogP contribution in [0.5, 0.6) is 0 Å². The van der Waals surface area contributed by atoms with E-state index in [1.54, 1.807) is 0 Å². The molecule has 0 unspecified atom stereocenters. The molecule has 0 aliphatic rings. The van der Waals surface area contributed by atoms with Gasteiger partial charge in [-0.3, -0.25) is 0 Å².